The molecule has 126 valence electrons. The number of carboxylic acids is 1. The number of benzene rings is 1. The lowest BCUT2D eigenvalue weighted by atomic mass is 9.95. The van der Waals surface area contributed by atoms with E-state index in [4.69, 9.17) is 9.94 Å². The Labute approximate surface area is 145 Å². The normalized spacial score (nSPS) is 21.4. The second-order valence-electron chi connectivity index (χ2n) is 5.80. The lowest BCUT2D eigenvalue weighted by Crippen LogP contribution is -2.43. The van der Waals surface area contributed by atoms with E-state index in [1.165, 1.54) is 0 Å². The van der Waals surface area contributed by atoms with Crippen LogP contribution >= 0.6 is 11.3 Å². The molecule has 0 amide bonds. The molecule has 1 saturated heterocycles. The van der Waals surface area contributed by atoms with Crippen molar-refractivity contribution in [2.45, 2.75) is 18.9 Å². The van der Waals surface area contributed by atoms with Crippen LogP contribution in [0.25, 0.3) is 0 Å². The molecule has 1 aliphatic rings. The van der Waals surface area contributed by atoms with Crippen molar-refractivity contribution in [3.63, 3.8) is 0 Å². The van der Waals surface area contributed by atoms with Gasteiger partial charge in [0.15, 0.2) is 0 Å². The Hall–Kier alpha value is -2.18. The van der Waals surface area contributed by atoms with Gasteiger partial charge in [-0.15, -0.1) is 11.3 Å². The maximum Gasteiger partial charge on any atom is 0.307 e. The highest BCUT2D eigenvalue weighted by Gasteiger charge is 2.25. The fourth-order valence-corrected chi connectivity index (χ4v) is 3.44. The molecule has 1 aromatic carbocycles. The Kier molecular flexibility index (Phi) is 5.61. The van der Waals surface area contributed by atoms with E-state index >= 15 is 0 Å². The van der Waals surface area contributed by atoms with Crippen LogP contribution in [0.1, 0.15) is 23.3 Å². The van der Waals surface area contributed by atoms with Gasteiger partial charge < -0.3 is 15.3 Å². The smallest absolute Gasteiger partial charge is 0.307 e. The molecule has 2 heterocycles. The zero-order chi connectivity index (χ0) is 16.8. The van der Waals surface area contributed by atoms with Gasteiger partial charge in [-0.2, -0.15) is 0 Å². The molecule has 24 heavy (non-hydrogen) atoms. The number of nitrogens with zero attached hydrogens (tertiary/aromatic N) is 1. The first-order chi connectivity index (χ1) is 11.7. The molecule has 1 aliphatic heterocycles. The van der Waals surface area contributed by atoms with Crippen LogP contribution in [0.3, 0.4) is 0 Å². The van der Waals surface area contributed by atoms with Gasteiger partial charge in [0.1, 0.15) is 12.3 Å². The van der Waals surface area contributed by atoms with Crippen LogP contribution in [0.5, 0.6) is 0 Å². The van der Waals surface area contributed by atoms with Crippen molar-refractivity contribution in [3.8, 4) is 0 Å². The molecule has 6 heteroatoms. The van der Waals surface area contributed by atoms with E-state index in [1.54, 1.807) is 11.3 Å². The Morgan fingerprint density at radius 1 is 1.25 bits per heavy atom. The van der Waals surface area contributed by atoms with Crippen molar-refractivity contribution in [1.29, 1.82) is 0 Å². The topological polar surface area (TPSA) is 70.9 Å². The van der Waals surface area contributed by atoms with Gasteiger partial charge >= 0.3 is 5.97 Å². The van der Waals surface area contributed by atoms with Gasteiger partial charge in [0.25, 0.3) is 0 Å². The van der Waals surface area contributed by atoms with Crippen LogP contribution in [-0.4, -0.2) is 36.0 Å². The maximum atomic E-state index is 11.0. The zero-order valence-corrected chi connectivity index (χ0v) is 14.0. The minimum atomic E-state index is -0.732. The summed E-state index contributed by atoms with van der Waals surface area (Å²) in [4.78, 5) is 17.6. The van der Waals surface area contributed by atoms with Crippen molar-refractivity contribution in [3.05, 3.63) is 58.3 Å². The average molecular weight is 344 g/mol. The fraction of sp³-hybridized carbons (Fsp3) is 0.333. The summed E-state index contributed by atoms with van der Waals surface area (Å²) in [7, 11) is 0. The molecule has 0 unspecified atom stereocenters. The number of carboxylic acid groups (broad SMARTS) is 1. The highest BCUT2D eigenvalue weighted by Crippen LogP contribution is 2.18. The number of aliphatic carboxylic acids is 1. The first-order valence-corrected chi connectivity index (χ1v) is 8.87. The van der Waals surface area contributed by atoms with Gasteiger partial charge in [-0.3, -0.25) is 4.79 Å². The summed E-state index contributed by atoms with van der Waals surface area (Å²) in [5, 5.41) is 18.6. The van der Waals surface area contributed by atoms with Gasteiger partial charge in [-0.05, 0) is 24.3 Å². The molecule has 1 aromatic heterocycles. The lowest BCUT2D eigenvalue weighted by molar-refractivity contribution is -0.142. The molecule has 0 aliphatic carbocycles. The molecule has 0 radical (unpaired) electrons. The standard InChI is InChI=1S/C18H20N2O3S/c21-18(22)14-8-9-15(19-11-14)12-23-20-17(16-7-4-10-24-16)13-5-2-1-3-6-13/h1-7,10,14-15,19H,8-9,11-12H2,(H,21,22)/b20-17-/t14-,15-/m1/s1. The zero-order valence-electron chi connectivity index (χ0n) is 13.2. The van der Waals surface area contributed by atoms with Gasteiger partial charge in [0, 0.05) is 18.2 Å². The van der Waals surface area contributed by atoms with Crippen LogP contribution in [-0.2, 0) is 9.63 Å². The van der Waals surface area contributed by atoms with Gasteiger partial charge in [0.05, 0.1) is 10.8 Å². The Morgan fingerprint density at radius 3 is 2.71 bits per heavy atom. The summed E-state index contributed by atoms with van der Waals surface area (Å²) in [6.45, 7) is 0.928. The molecule has 2 N–H and O–H groups in total. The summed E-state index contributed by atoms with van der Waals surface area (Å²) in [6, 6.07) is 14.1. The van der Waals surface area contributed by atoms with Crippen molar-refractivity contribution in [1.82, 2.24) is 5.32 Å². The van der Waals surface area contributed by atoms with Crippen LogP contribution in [0.15, 0.2) is 53.0 Å². The quantitative estimate of drug-likeness (QED) is 0.624. The Bertz CT molecular complexity index is 678. The van der Waals surface area contributed by atoms with Crippen molar-refractivity contribution in [2.24, 2.45) is 11.1 Å². The molecule has 3 rings (SSSR count). The summed E-state index contributed by atoms with van der Waals surface area (Å²) >= 11 is 1.62. The van der Waals surface area contributed by atoms with Crippen molar-refractivity contribution < 1.29 is 14.7 Å². The minimum absolute atomic E-state index is 0.143. The van der Waals surface area contributed by atoms with Gasteiger partial charge in [-0.1, -0.05) is 41.6 Å². The Morgan fingerprint density at radius 2 is 2.08 bits per heavy atom. The Balaban J connectivity index is 1.62. The second kappa shape index (κ2) is 8.08. The SMILES string of the molecule is O=C(O)[C@@H]1CC[C@H](CO/N=C(/c2ccccc2)c2cccs2)NC1. The number of nitrogens with one attached hydrogen (secondary N) is 1. The summed E-state index contributed by atoms with van der Waals surface area (Å²) in [5.74, 6) is -1.03. The van der Waals surface area contributed by atoms with E-state index in [0.29, 0.717) is 19.6 Å². The number of hydrogen-bond donors (Lipinski definition) is 2. The summed E-state index contributed by atoms with van der Waals surface area (Å²) in [5.41, 5.74) is 1.84. The monoisotopic (exact) mass is 344 g/mol. The molecular weight excluding hydrogens is 324 g/mol. The number of rotatable bonds is 6. The van der Waals surface area contributed by atoms with Crippen LogP contribution < -0.4 is 5.32 Å². The molecule has 0 bridgehead atoms. The highest BCUT2D eigenvalue weighted by molar-refractivity contribution is 7.12. The van der Waals surface area contributed by atoms with E-state index in [0.717, 1.165) is 22.6 Å². The molecule has 1 fully saturated rings. The molecular formula is C18H20N2O3S. The number of hydrogen-bond acceptors (Lipinski definition) is 5. The second-order valence-corrected chi connectivity index (χ2v) is 6.74. The average Bonchev–Trinajstić information content (AvgIpc) is 3.14. The molecule has 2 aromatic rings. The van der Waals surface area contributed by atoms with E-state index in [-0.39, 0.29) is 12.0 Å². The predicted molar refractivity (Wildman–Crippen MR) is 94.5 cm³/mol. The number of thiophene rings is 1. The fourth-order valence-electron chi connectivity index (χ4n) is 2.71. The third-order valence-electron chi connectivity index (χ3n) is 4.10. The number of oxime groups is 1. The van der Waals surface area contributed by atoms with E-state index in [9.17, 15) is 4.79 Å². The van der Waals surface area contributed by atoms with Crippen LogP contribution in [0.2, 0.25) is 0 Å². The molecule has 0 spiro atoms. The van der Waals surface area contributed by atoms with Crippen LogP contribution in [0.4, 0.5) is 0 Å². The van der Waals surface area contributed by atoms with Gasteiger partial charge in [0.2, 0.25) is 0 Å². The largest absolute Gasteiger partial charge is 0.481 e. The third-order valence-corrected chi connectivity index (χ3v) is 4.98. The van der Waals surface area contributed by atoms with Crippen molar-refractivity contribution >= 4 is 23.0 Å². The van der Waals surface area contributed by atoms with Crippen LogP contribution in [0, 0.1) is 5.92 Å². The number of piperidine rings is 1. The first-order valence-electron chi connectivity index (χ1n) is 7.99. The number of carbonyl (C=O) groups is 1. The summed E-state index contributed by atoms with van der Waals surface area (Å²) < 4.78 is 0. The molecule has 5 nitrogen and oxygen atoms in total. The third kappa shape index (κ3) is 4.21. The molecule has 0 saturated carbocycles. The van der Waals surface area contributed by atoms with E-state index in [2.05, 4.69) is 10.5 Å². The maximum absolute atomic E-state index is 11.0. The van der Waals surface area contributed by atoms with E-state index in [1.807, 2.05) is 47.8 Å². The molecule has 2 atom stereocenters. The highest BCUT2D eigenvalue weighted by atomic mass is 32.1. The lowest BCUT2D eigenvalue weighted by Gasteiger charge is -2.26. The van der Waals surface area contributed by atoms with Gasteiger partial charge in [-0.25, -0.2) is 0 Å². The van der Waals surface area contributed by atoms with E-state index < -0.39 is 5.97 Å². The first kappa shape index (κ1) is 16.7. The predicted octanol–water partition coefficient (Wildman–Crippen LogP) is 2.97. The summed E-state index contributed by atoms with van der Waals surface area (Å²) in [6.07, 6.45) is 1.46. The minimum Gasteiger partial charge on any atom is -0.481 e. The van der Waals surface area contributed by atoms with Crippen molar-refractivity contribution in [2.75, 3.05) is 13.2 Å².